The number of carbonyl (C=O) groups excluding carboxylic acids is 2. The highest BCUT2D eigenvalue weighted by Gasteiger charge is 2.36. The van der Waals surface area contributed by atoms with Crippen molar-refractivity contribution in [2.24, 2.45) is 0 Å². The van der Waals surface area contributed by atoms with Crippen LogP contribution in [0, 0.1) is 11.6 Å². The molecule has 2 aromatic carbocycles. The van der Waals surface area contributed by atoms with Gasteiger partial charge >= 0.3 is 0 Å². The van der Waals surface area contributed by atoms with Crippen LogP contribution in [0.3, 0.4) is 0 Å². The fraction of sp³-hybridized carbons (Fsp3) is 0.400. The molecular weight excluding hydrogens is 598 g/mol. The Balaban J connectivity index is 1.35. The summed E-state index contributed by atoms with van der Waals surface area (Å²) in [5, 5.41) is 5.65. The quantitative estimate of drug-likeness (QED) is 0.255. The van der Waals surface area contributed by atoms with Gasteiger partial charge in [-0.05, 0) is 24.3 Å². The number of rotatable bonds is 10. The zero-order valence-corrected chi connectivity index (χ0v) is 24.9. The molecule has 2 fully saturated rings. The molecule has 11 nitrogen and oxygen atoms in total. The van der Waals surface area contributed by atoms with Gasteiger partial charge in [0.1, 0.15) is 35.1 Å². The number of piperidine rings is 1. The van der Waals surface area contributed by atoms with Gasteiger partial charge in [0.25, 0.3) is 0 Å². The number of anilines is 2. The van der Waals surface area contributed by atoms with Gasteiger partial charge in [0.2, 0.25) is 11.8 Å². The Hall–Kier alpha value is -4.07. The molecule has 3 heterocycles. The van der Waals surface area contributed by atoms with E-state index in [1.807, 2.05) is 0 Å². The molecule has 2 N–H and O–H groups in total. The first-order valence-electron chi connectivity index (χ1n) is 14.2. The van der Waals surface area contributed by atoms with Gasteiger partial charge in [-0.3, -0.25) is 14.5 Å². The number of hydrogen-bond donors (Lipinski definition) is 2. The molecule has 0 bridgehead atoms. The fourth-order valence-corrected chi connectivity index (χ4v) is 5.46. The van der Waals surface area contributed by atoms with Crippen molar-refractivity contribution in [2.45, 2.75) is 25.0 Å². The summed E-state index contributed by atoms with van der Waals surface area (Å²) in [6.45, 7) is 7.92. The molecule has 0 radical (unpaired) electrons. The number of methoxy groups -OCH3 is 1. The average molecular weight is 631 g/mol. The van der Waals surface area contributed by atoms with Crippen molar-refractivity contribution < 1.29 is 32.6 Å². The third kappa shape index (κ3) is 7.01. The molecule has 0 unspecified atom stereocenters. The van der Waals surface area contributed by atoms with Crippen LogP contribution in [0.2, 0.25) is 5.02 Å². The molecule has 234 valence electrons. The first-order valence-corrected chi connectivity index (χ1v) is 14.6. The number of halogens is 3. The molecule has 5 rings (SSSR count). The van der Waals surface area contributed by atoms with Crippen molar-refractivity contribution in [3.8, 4) is 11.5 Å². The number of hydrogen-bond acceptors (Lipinski definition) is 9. The Morgan fingerprint density at radius 1 is 1.18 bits per heavy atom. The Labute approximate surface area is 258 Å². The molecule has 44 heavy (non-hydrogen) atoms. The van der Waals surface area contributed by atoms with Crippen LogP contribution in [0.5, 0.6) is 11.5 Å². The second-order valence-electron chi connectivity index (χ2n) is 10.4. The van der Waals surface area contributed by atoms with Crippen LogP contribution in [0.4, 0.5) is 20.3 Å². The number of nitrogens with one attached hydrogen (secondary N) is 2. The lowest BCUT2D eigenvalue weighted by Gasteiger charge is -2.38. The van der Waals surface area contributed by atoms with Gasteiger partial charge in [-0.15, -0.1) is 0 Å². The lowest BCUT2D eigenvalue weighted by Crippen LogP contribution is -2.55. The minimum absolute atomic E-state index is 0.0728. The SMILES string of the molecule is C=CC(=O)N1CC[C@H](Oc2cc3c(Nc4ccc(F)c(Cl)c4F)ncnc3cc2OC)C[C@H]1C(=O)NCCN1CCOCC1. The van der Waals surface area contributed by atoms with Crippen LogP contribution in [-0.2, 0) is 14.3 Å². The van der Waals surface area contributed by atoms with Gasteiger partial charge in [-0.2, -0.15) is 0 Å². The number of carbonyl (C=O) groups is 2. The summed E-state index contributed by atoms with van der Waals surface area (Å²) in [5.74, 6) is -1.49. The Bertz CT molecular complexity index is 1540. The molecule has 2 aliphatic heterocycles. The van der Waals surface area contributed by atoms with Crippen molar-refractivity contribution >= 4 is 45.8 Å². The predicted octanol–water partition coefficient (Wildman–Crippen LogP) is 3.69. The van der Waals surface area contributed by atoms with Gasteiger partial charge in [0, 0.05) is 57.0 Å². The minimum Gasteiger partial charge on any atom is -0.493 e. The van der Waals surface area contributed by atoms with Crippen LogP contribution < -0.4 is 20.1 Å². The third-order valence-electron chi connectivity index (χ3n) is 7.65. The molecule has 0 aliphatic carbocycles. The molecule has 0 spiro atoms. The summed E-state index contributed by atoms with van der Waals surface area (Å²) < 4.78 is 45.7. The van der Waals surface area contributed by atoms with Crippen LogP contribution in [-0.4, -0.2) is 96.8 Å². The Morgan fingerprint density at radius 3 is 2.73 bits per heavy atom. The first kappa shape index (κ1) is 31.4. The summed E-state index contributed by atoms with van der Waals surface area (Å²) in [6.07, 6.45) is 2.74. The van der Waals surface area contributed by atoms with Crippen molar-refractivity contribution in [2.75, 3.05) is 58.4 Å². The highest BCUT2D eigenvalue weighted by molar-refractivity contribution is 6.31. The topological polar surface area (TPSA) is 118 Å². The van der Waals surface area contributed by atoms with Crippen LogP contribution in [0.25, 0.3) is 10.9 Å². The number of ether oxygens (including phenoxy) is 3. The van der Waals surface area contributed by atoms with Crippen LogP contribution in [0.1, 0.15) is 12.8 Å². The van der Waals surface area contributed by atoms with Crippen molar-refractivity contribution in [3.05, 3.63) is 59.9 Å². The maximum Gasteiger partial charge on any atom is 0.246 e. The van der Waals surface area contributed by atoms with Crippen molar-refractivity contribution in [3.63, 3.8) is 0 Å². The number of morpholine rings is 1. The Kier molecular flexibility index (Phi) is 10.1. The van der Waals surface area contributed by atoms with Crippen molar-refractivity contribution in [1.29, 1.82) is 0 Å². The number of nitrogens with zero attached hydrogens (tertiary/aromatic N) is 4. The fourth-order valence-electron chi connectivity index (χ4n) is 5.29. The summed E-state index contributed by atoms with van der Waals surface area (Å²) in [5.41, 5.74) is 0.403. The van der Waals surface area contributed by atoms with E-state index >= 15 is 0 Å². The second-order valence-corrected chi connectivity index (χ2v) is 10.7. The maximum atomic E-state index is 14.6. The molecule has 0 saturated carbocycles. The molecule has 1 aromatic heterocycles. The summed E-state index contributed by atoms with van der Waals surface area (Å²) >= 11 is 5.75. The third-order valence-corrected chi connectivity index (χ3v) is 7.99. The van der Waals surface area contributed by atoms with E-state index in [1.54, 1.807) is 12.1 Å². The van der Waals surface area contributed by atoms with Gasteiger partial charge in [-0.1, -0.05) is 18.2 Å². The van der Waals surface area contributed by atoms with Gasteiger partial charge in [-0.25, -0.2) is 18.7 Å². The number of aromatic nitrogens is 2. The molecule has 2 amide bonds. The zero-order valence-electron chi connectivity index (χ0n) is 24.2. The first-order chi connectivity index (χ1) is 21.3. The number of amides is 2. The van der Waals surface area contributed by atoms with Crippen molar-refractivity contribution in [1.82, 2.24) is 25.1 Å². The molecule has 2 atom stereocenters. The standard InChI is InChI=1S/C30H33ClF2N6O5/c1-3-26(40)39-8-6-18(14-23(39)30(41)34-7-9-38-10-12-43-13-11-38)44-25-15-19-22(16-24(25)42-2)35-17-36-29(19)37-21-5-4-20(32)27(31)28(21)33/h3-5,15-18,23H,1,6-14H2,2H3,(H,34,41)(H,35,36,37)/t18-,23-/m0/s1. The summed E-state index contributed by atoms with van der Waals surface area (Å²) in [4.78, 5) is 38.2. The zero-order chi connectivity index (χ0) is 31.2. The molecule has 2 saturated heterocycles. The monoisotopic (exact) mass is 630 g/mol. The molecular formula is C30H33ClF2N6O5. The molecule has 2 aliphatic rings. The number of likely N-dealkylation sites (tertiary alicyclic amines) is 1. The van der Waals surface area contributed by atoms with E-state index in [1.165, 1.54) is 30.5 Å². The number of benzene rings is 2. The van der Waals surface area contributed by atoms with E-state index in [2.05, 4.69) is 32.1 Å². The average Bonchev–Trinajstić information content (AvgIpc) is 3.05. The van der Waals surface area contributed by atoms with E-state index in [0.29, 0.717) is 55.1 Å². The van der Waals surface area contributed by atoms with Crippen LogP contribution in [0.15, 0.2) is 43.2 Å². The molecule has 14 heteroatoms. The lowest BCUT2D eigenvalue weighted by atomic mass is 9.98. The second kappa shape index (κ2) is 14.1. The van der Waals surface area contributed by atoms with E-state index in [-0.39, 0.29) is 36.3 Å². The van der Waals surface area contributed by atoms with E-state index < -0.39 is 28.8 Å². The van der Waals surface area contributed by atoms with E-state index in [9.17, 15) is 18.4 Å². The summed E-state index contributed by atoms with van der Waals surface area (Å²) in [7, 11) is 1.49. The van der Waals surface area contributed by atoms with E-state index in [4.69, 9.17) is 25.8 Å². The predicted molar refractivity (Wildman–Crippen MR) is 160 cm³/mol. The normalized spacial score (nSPS) is 19.0. The van der Waals surface area contributed by atoms with Crippen LogP contribution >= 0.6 is 11.6 Å². The molecule has 3 aromatic rings. The Morgan fingerprint density at radius 2 is 1.98 bits per heavy atom. The summed E-state index contributed by atoms with van der Waals surface area (Å²) in [6, 6.07) is 4.81. The largest absolute Gasteiger partial charge is 0.493 e. The van der Waals surface area contributed by atoms with E-state index in [0.717, 1.165) is 19.2 Å². The number of fused-ring (bicyclic) bond motifs is 1. The highest BCUT2D eigenvalue weighted by Crippen LogP contribution is 2.37. The van der Waals surface area contributed by atoms with Gasteiger partial charge in [0.15, 0.2) is 17.3 Å². The minimum atomic E-state index is -0.960. The lowest BCUT2D eigenvalue weighted by molar-refractivity contribution is -0.140. The smallest absolute Gasteiger partial charge is 0.246 e. The maximum absolute atomic E-state index is 14.6. The van der Waals surface area contributed by atoms with Gasteiger partial charge < -0.3 is 29.7 Å². The van der Waals surface area contributed by atoms with Gasteiger partial charge in [0.05, 0.1) is 31.5 Å². The highest BCUT2D eigenvalue weighted by atomic mass is 35.5.